The molecule has 4 heteroatoms. The molecule has 0 spiro atoms. The van der Waals surface area contributed by atoms with Crippen LogP contribution in [0.15, 0.2) is 24.3 Å². The predicted octanol–water partition coefficient (Wildman–Crippen LogP) is 3.16. The van der Waals surface area contributed by atoms with Crippen molar-refractivity contribution in [3.8, 4) is 0 Å². The van der Waals surface area contributed by atoms with Crippen molar-refractivity contribution in [2.24, 2.45) is 0 Å². The van der Waals surface area contributed by atoms with Crippen molar-refractivity contribution >= 4 is 40.3 Å². The molecular formula is C12H16INOS. The third-order valence-electron chi connectivity index (χ3n) is 2.08. The van der Waals surface area contributed by atoms with Crippen LogP contribution in [0.2, 0.25) is 0 Å². The lowest BCUT2D eigenvalue weighted by atomic mass is 10.1. The Balaban J connectivity index is 2.77. The fourth-order valence-electron chi connectivity index (χ4n) is 1.42. The van der Waals surface area contributed by atoms with Gasteiger partial charge in [-0.15, -0.1) is 0 Å². The molecule has 1 N–H and O–H groups in total. The summed E-state index contributed by atoms with van der Waals surface area (Å²) in [5.74, 6) is 0.909. The minimum absolute atomic E-state index is 0.00375. The first-order chi connectivity index (χ1) is 7.46. The highest BCUT2D eigenvalue weighted by atomic mass is 127. The number of benzene rings is 1. The molecule has 0 radical (unpaired) electrons. The summed E-state index contributed by atoms with van der Waals surface area (Å²) in [7, 11) is 0. The molecule has 0 atom stereocenters. The first kappa shape index (κ1) is 13.8. The zero-order valence-electron chi connectivity index (χ0n) is 9.71. The highest BCUT2D eigenvalue weighted by molar-refractivity contribution is 14.1. The number of carbonyl (C=O) groups is 1. The topological polar surface area (TPSA) is 29.1 Å². The van der Waals surface area contributed by atoms with Gasteiger partial charge in [0.25, 0.3) is 5.91 Å². The molecule has 1 rings (SSSR count). The van der Waals surface area contributed by atoms with Crippen molar-refractivity contribution in [2.75, 3.05) is 12.0 Å². The van der Waals surface area contributed by atoms with E-state index >= 15 is 0 Å². The van der Waals surface area contributed by atoms with Crippen molar-refractivity contribution in [3.05, 3.63) is 33.4 Å². The zero-order chi connectivity index (χ0) is 12.2. The normalized spacial score (nSPS) is 11.2. The smallest absolute Gasteiger partial charge is 0.252 e. The number of halogens is 1. The first-order valence-corrected chi connectivity index (χ1v) is 7.49. The van der Waals surface area contributed by atoms with Crippen LogP contribution in [0.3, 0.4) is 0 Å². The molecule has 0 saturated heterocycles. The largest absolute Gasteiger partial charge is 0.346 e. The molecule has 0 heterocycles. The van der Waals surface area contributed by atoms with E-state index in [9.17, 15) is 4.79 Å². The Hall–Kier alpha value is -0.230. The lowest BCUT2D eigenvalue weighted by Gasteiger charge is -2.25. The highest BCUT2D eigenvalue weighted by Crippen LogP contribution is 2.14. The van der Waals surface area contributed by atoms with Gasteiger partial charge in [0.1, 0.15) is 0 Å². The van der Waals surface area contributed by atoms with Crippen molar-refractivity contribution in [1.82, 2.24) is 5.32 Å². The Morgan fingerprint density at radius 2 is 2.06 bits per heavy atom. The zero-order valence-corrected chi connectivity index (χ0v) is 12.7. The van der Waals surface area contributed by atoms with Gasteiger partial charge in [0.05, 0.1) is 5.56 Å². The summed E-state index contributed by atoms with van der Waals surface area (Å²) in [6.07, 6.45) is 2.04. The average molecular weight is 349 g/mol. The molecule has 0 unspecified atom stereocenters. The summed E-state index contributed by atoms with van der Waals surface area (Å²) < 4.78 is 0.984. The van der Waals surface area contributed by atoms with Crippen LogP contribution in [0.4, 0.5) is 0 Å². The van der Waals surface area contributed by atoms with E-state index in [2.05, 4.69) is 27.9 Å². The van der Waals surface area contributed by atoms with E-state index in [0.29, 0.717) is 0 Å². The third kappa shape index (κ3) is 3.97. The first-order valence-electron chi connectivity index (χ1n) is 5.02. The molecule has 0 aromatic heterocycles. The molecule has 16 heavy (non-hydrogen) atoms. The summed E-state index contributed by atoms with van der Waals surface area (Å²) in [4.78, 5) is 12.0. The van der Waals surface area contributed by atoms with Gasteiger partial charge in [0.15, 0.2) is 0 Å². The van der Waals surface area contributed by atoms with Gasteiger partial charge in [-0.2, -0.15) is 11.8 Å². The van der Waals surface area contributed by atoms with Crippen LogP contribution >= 0.6 is 34.4 Å². The van der Waals surface area contributed by atoms with E-state index in [1.54, 1.807) is 11.8 Å². The van der Waals surface area contributed by atoms with Crippen LogP contribution in [0, 0.1) is 3.57 Å². The maximum Gasteiger partial charge on any atom is 0.252 e. The minimum atomic E-state index is -0.171. The van der Waals surface area contributed by atoms with Gasteiger partial charge >= 0.3 is 0 Å². The predicted molar refractivity (Wildman–Crippen MR) is 79.1 cm³/mol. The molecule has 0 saturated carbocycles. The van der Waals surface area contributed by atoms with Crippen molar-refractivity contribution < 1.29 is 4.79 Å². The van der Waals surface area contributed by atoms with Crippen molar-refractivity contribution in [2.45, 2.75) is 19.4 Å². The summed E-state index contributed by atoms with van der Waals surface area (Å²) in [5.41, 5.74) is 0.576. The molecule has 1 aromatic carbocycles. The van der Waals surface area contributed by atoms with Gasteiger partial charge in [0.2, 0.25) is 0 Å². The second kappa shape index (κ2) is 5.91. The summed E-state index contributed by atoms with van der Waals surface area (Å²) in [5, 5.41) is 3.05. The number of hydrogen-bond donors (Lipinski definition) is 1. The number of rotatable bonds is 4. The van der Waals surface area contributed by atoms with Crippen LogP contribution in [-0.4, -0.2) is 23.5 Å². The Kier molecular flexibility index (Phi) is 5.11. The van der Waals surface area contributed by atoms with E-state index in [-0.39, 0.29) is 11.4 Å². The minimum Gasteiger partial charge on any atom is -0.346 e. The van der Waals surface area contributed by atoms with E-state index < -0.39 is 0 Å². The van der Waals surface area contributed by atoms with Gasteiger partial charge < -0.3 is 5.32 Å². The number of carbonyl (C=O) groups excluding carboxylic acids is 1. The van der Waals surface area contributed by atoms with Gasteiger partial charge in [-0.3, -0.25) is 4.79 Å². The third-order valence-corrected chi connectivity index (χ3v) is 4.03. The number of nitrogens with one attached hydrogen (secondary N) is 1. The molecule has 1 amide bonds. The van der Waals surface area contributed by atoms with E-state index in [4.69, 9.17) is 0 Å². The number of thioether (sulfide) groups is 1. The Morgan fingerprint density at radius 1 is 1.44 bits per heavy atom. The monoisotopic (exact) mass is 349 g/mol. The Bertz CT molecular complexity index is 379. The SMILES string of the molecule is CSCC(C)(C)NC(=O)c1ccccc1I. The van der Waals surface area contributed by atoms with Gasteiger partial charge in [0, 0.05) is 14.9 Å². The molecular weight excluding hydrogens is 333 g/mol. The van der Waals surface area contributed by atoms with Gasteiger partial charge in [-0.1, -0.05) is 12.1 Å². The molecule has 0 bridgehead atoms. The second-order valence-electron chi connectivity index (χ2n) is 4.25. The summed E-state index contributed by atoms with van der Waals surface area (Å²) >= 11 is 3.92. The van der Waals surface area contributed by atoms with Gasteiger partial charge in [-0.05, 0) is 54.8 Å². The maximum absolute atomic E-state index is 12.0. The highest BCUT2D eigenvalue weighted by Gasteiger charge is 2.21. The molecule has 0 aliphatic rings. The maximum atomic E-state index is 12.0. The second-order valence-corrected chi connectivity index (χ2v) is 6.28. The molecule has 0 aliphatic heterocycles. The van der Waals surface area contributed by atoms with Gasteiger partial charge in [-0.25, -0.2) is 0 Å². The van der Waals surface area contributed by atoms with Crippen LogP contribution in [-0.2, 0) is 0 Å². The van der Waals surface area contributed by atoms with Crippen LogP contribution in [0.25, 0.3) is 0 Å². The molecule has 2 nitrogen and oxygen atoms in total. The van der Waals surface area contributed by atoms with Crippen molar-refractivity contribution in [3.63, 3.8) is 0 Å². The number of amides is 1. The van der Waals surface area contributed by atoms with E-state index in [1.165, 1.54) is 0 Å². The lowest BCUT2D eigenvalue weighted by Crippen LogP contribution is -2.45. The molecule has 1 aromatic rings. The standard InChI is InChI=1S/C12H16INOS/c1-12(2,8-16-3)14-11(15)9-6-4-5-7-10(9)13/h4-7H,8H2,1-3H3,(H,14,15). The van der Waals surface area contributed by atoms with E-state index in [0.717, 1.165) is 14.9 Å². The summed E-state index contributed by atoms with van der Waals surface area (Å²) in [6.45, 7) is 4.08. The molecule has 88 valence electrons. The average Bonchev–Trinajstić information content (AvgIpc) is 2.17. The van der Waals surface area contributed by atoms with Crippen LogP contribution < -0.4 is 5.32 Å². The Labute approximate surface area is 115 Å². The fourth-order valence-corrected chi connectivity index (χ4v) is 2.84. The van der Waals surface area contributed by atoms with Crippen LogP contribution in [0.1, 0.15) is 24.2 Å². The van der Waals surface area contributed by atoms with Crippen molar-refractivity contribution in [1.29, 1.82) is 0 Å². The molecule has 0 aliphatic carbocycles. The lowest BCUT2D eigenvalue weighted by molar-refractivity contribution is 0.0920. The molecule has 0 fully saturated rings. The summed E-state index contributed by atoms with van der Waals surface area (Å²) in [6, 6.07) is 7.62. The Morgan fingerprint density at radius 3 is 2.62 bits per heavy atom. The van der Waals surface area contributed by atoms with E-state index in [1.807, 2.05) is 44.4 Å². The quantitative estimate of drug-likeness (QED) is 0.846. The fraction of sp³-hybridized carbons (Fsp3) is 0.417. The number of hydrogen-bond acceptors (Lipinski definition) is 2. The van der Waals surface area contributed by atoms with Crippen LogP contribution in [0.5, 0.6) is 0 Å².